The van der Waals surface area contributed by atoms with Gasteiger partial charge in [-0.2, -0.15) is 0 Å². The molecule has 0 radical (unpaired) electrons. The van der Waals surface area contributed by atoms with Crippen LogP contribution in [0.5, 0.6) is 0 Å². The van der Waals surface area contributed by atoms with Crippen molar-refractivity contribution in [2.24, 2.45) is 5.92 Å². The highest BCUT2D eigenvalue weighted by atomic mass is 79.9. The van der Waals surface area contributed by atoms with Gasteiger partial charge in [0.05, 0.1) is 0 Å². The third-order valence-corrected chi connectivity index (χ3v) is 5.41. The zero-order valence-corrected chi connectivity index (χ0v) is 13.2. The Labute approximate surface area is 125 Å². The van der Waals surface area contributed by atoms with Gasteiger partial charge in [-0.3, -0.25) is 4.90 Å². The quantitative estimate of drug-likeness (QED) is 0.732. The third kappa shape index (κ3) is 3.22. The standard InChI is InChI=1S/C17H24BrN/c18-10-9-15-11-16-7-4-8-17(12-15)19(16)13-14-5-2-1-3-6-14/h1-3,5-6,15-17H,4,7-13H2. The fourth-order valence-electron chi connectivity index (χ4n) is 4.03. The predicted molar refractivity (Wildman–Crippen MR) is 84.5 cm³/mol. The lowest BCUT2D eigenvalue weighted by molar-refractivity contribution is 0.00637. The molecule has 0 amide bonds. The lowest BCUT2D eigenvalue weighted by Gasteiger charge is -2.49. The first-order chi connectivity index (χ1) is 9.36. The van der Waals surface area contributed by atoms with Gasteiger partial charge in [-0.15, -0.1) is 0 Å². The van der Waals surface area contributed by atoms with Crippen LogP contribution in [-0.4, -0.2) is 22.3 Å². The molecule has 2 heterocycles. The number of alkyl halides is 1. The number of piperidine rings is 2. The second kappa shape index (κ2) is 6.41. The summed E-state index contributed by atoms with van der Waals surface area (Å²) in [5, 5.41) is 1.18. The van der Waals surface area contributed by atoms with Crippen molar-refractivity contribution in [2.45, 2.75) is 57.2 Å². The molecular weight excluding hydrogens is 298 g/mol. The van der Waals surface area contributed by atoms with E-state index >= 15 is 0 Å². The van der Waals surface area contributed by atoms with Crippen LogP contribution in [0.3, 0.4) is 0 Å². The first-order valence-corrected chi connectivity index (χ1v) is 8.84. The summed E-state index contributed by atoms with van der Waals surface area (Å²) in [6.07, 6.45) is 8.50. The molecule has 0 aromatic heterocycles. The minimum Gasteiger partial charge on any atom is -0.293 e. The van der Waals surface area contributed by atoms with Crippen molar-refractivity contribution in [3.63, 3.8) is 0 Å². The van der Waals surface area contributed by atoms with Crippen molar-refractivity contribution < 1.29 is 0 Å². The van der Waals surface area contributed by atoms with Gasteiger partial charge in [-0.25, -0.2) is 0 Å². The Morgan fingerprint density at radius 2 is 1.74 bits per heavy atom. The Kier molecular flexibility index (Phi) is 4.60. The van der Waals surface area contributed by atoms with Crippen LogP contribution in [-0.2, 0) is 6.54 Å². The summed E-state index contributed by atoms with van der Waals surface area (Å²) < 4.78 is 0. The third-order valence-electron chi connectivity index (χ3n) is 4.95. The number of hydrogen-bond donors (Lipinski definition) is 0. The van der Waals surface area contributed by atoms with E-state index in [9.17, 15) is 0 Å². The minimum atomic E-state index is 0.844. The topological polar surface area (TPSA) is 3.24 Å². The van der Waals surface area contributed by atoms with E-state index in [0.29, 0.717) is 0 Å². The van der Waals surface area contributed by atoms with Crippen LogP contribution in [0.4, 0.5) is 0 Å². The van der Waals surface area contributed by atoms with Crippen LogP contribution in [0, 0.1) is 5.92 Å². The van der Waals surface area contributed by atoms with Gasteiger partial charge in [0.2, 0.25) is 0 Å². The summed E-state index contributed by atoms with van der Waals surface area (Å²) in [4.78, 5) is 2.81. The van der Waals surface area contributed by atoms with Crippen molar-refractivity contribution in [3.8, 4) is 0 Å². The fraction of sp³-hybridized carbons (Fsp3) is 0.647. The lowest BCUT2D eigenvalue weighted by Crippen LogP contribution is -2.51. The van der Waals surface area contributed by atoms with Crippen molar-refractivity contribution in [1.82, 2.24) is 4.90 Å². The number of nitrogens with zero attached hydrogens (tertiary/aromatic N) is 1. The van der Waals surface area contributed by atoms with Crippen LogP contribution in [0.2, 0.25) is 0 Å². The van der Waals surface area contributed by atoms with Gasteiger partial charge in [-0.1, -0.05) is 52.7 Å². The summed E-state index contributed by atoms with van der Waals surface area (Å²) in [6, 6.07) is 12.7. The largest absolute Gasteiger partial charge is 0.293 e. The van der Waals surface area contributed by atoms with Gasteiger partial charge < -0.3 is 0 Å². The maximum Gasteiger partial charge on any atom is 0.0239 e. The van der Waals surface area contributed by atoms with Gasteiger partial charge >= 0.3 is 0 Å². The predicted octanol–water partition coefficient (Wildman–Crippen LogP) is 4.60. The monoisotopic (exact) mass is 321 g/mol. The van der Waals surface area contributed by atoms with Crippen LogP contribution in [0.25, 0.3) is 0 Å². The van der Waals surface area contributed by atoms with Gasteiger partial charge in [0.25, 0.3) is 0 Å². The molecule has 0 N–H and O–H groups in total. The molecule has 1 aromatic carbocycles. The van der Waals surface area contributed by atoms with Crippen molar-refractivity contribution in [2.75, 3.05) is 5.33 Å². The molecule has 2 bridgehead atoms. The Morgan fingerprint density at radius 1 is 1.05 bits per heavy atom. The van der Waals surface area contributed by atoms with Gasteiger partial charge in [-0.05, 0) is 43.6 Å². The van der Waals surface area contributed by atoms with Crippen LogP contribution < -0.4 is 0 Å². The first-order valence-electron chi connectivity index (χ1n) is 7.72. The number of hydrogen-bond acceptors (Lipinski definition) is 1. The summed E-state index contributed by atoms with van der Waals surface area (Å²) in [7, 11) is 0. The van der Waals surface area contributed by atoms with Crippen molar-refractivity contribution >= 4 is 15.9 Å². The molecule has 104 valence electrons. The summed E-state index contributed by atoms with van der Waals surface area (Å²) >= 11 is 3.62. The molecule has 2 atom stereocenters. The van der Waals surface area contributed by atoms with Gasteiger partial charge in [0, 0.05) is 24.0 Å². The molecule has 2 heteroatoms. The van der Waals surface area contributed by atoms with Gasteiger partial charge in [0.15, 0.2) is 0 Å². The molecule has 2 aliphatic heterocycles. The summed E-state index contributed by atoms with van der Waals surface area (Å²) in [6.45, 7) is 1.16. The molecule has 2 unspecified atom stereocenters. The van der Waals surface area contributed by atoms with E-state index in [1.165, 1.54) is 49.4 Å². The average molecular weight is 322 g/mol. The number of fused-ring (bicyclic) bond motifs is 2. The normalized spacial score (nSPS) is 31.3. The molecule has 1 aromatic rings. The van der Waals surface area contributed by atoms with E-state index in [-0.39, 0.29) is 0 Å². The maximum atomic E-state index is 3.62. The molecule has 2 fully saturated rings. The molecule has 19 heavy (non-hydrogen) atoms. The van der Waals surface area contributed by atoms with E-state index < -0.39 is 0 Å². The highest BCUT2D eigenvalue weighted by Gasteiger charge is 2.37. The fourth-order valence-corrected chi connectivity index (χ4v) is 4.68. The molecule has 2 saturated heterocycles. The SMILES string of the molecule is BrCCC1CC2CCCC(C1)N2Cc1ccccc1. The molecule has 2 aliphatic rings. The second-order valence-corrected chi connectivity index (χ2v) is 7.00. The highest BCUT2D eigenvalue weighted by molar-refractivity contribution is 9.09. The molecule has 3 rings (SSSR count). The smallest absolute Gasteiger partial charge is 0.0239 e. The average Bonchev–Trinajstić information content (AvgIpc) is 2.41. The first kappa shape index (κ1) is 13.6. The minimum absolute atomic E-state index is 0.844. The Bertz CT molecular complexity index is 378. The van der Waals surface area contributed by atoms with E-state index in [2.05, 4.69) is 51.2 Å². The zero-order valence-electron chi connectivity index (χ0n) is 11.6. The van der Waals surface area contributed by atoms with E-state index in [0.717, 1.165) is 24.5 Å². The Balaban J connectivity index is 1.68. The number of rotatable bonds is 4. The van der Waals surface area contributed by atoms with Gasteiger partial charge in [0.1, 0.15) is 0 Å². The zero-order chi connectivity index (χ0) is 13.1. The molecule has 0 aliphatic carbocycles. The van der Waals surface area contributed by atoms with Crippen molar-refractivity contribution in [3.05, 3.63) is 35.9 Å². The van der Waals surface area contributed by atoms with E-state index in [1.54, 1.807) is 0 Å². The molecule has 0 saturated carbocycles. The highest BCUT2D eigenvalue weighted by Crippen LogP contribution is 2.39. The Morgan fingerprint density at radius 3 is 2.37 bits per heavy atom. The molecular formula is C17H24BrN. The van der Waals surface area contributed by atoms with E-state index in [1.807, 2.05) is 0 Å². The summed E-state index contributed by atoms with van der Waals surface area (Å²) in [5.41, 5.74) is 1.48. The van der Waals surface area contributed by atoms with Crippen LogP contribution in [0.1, 0.15) is 44.1 Å². The molecule has 1 nitrogen and oxygen atoms in total. The number of halogens is 1. The Hall–Kier alpha value is -0.340. The van der Waals surface area contributed by atoms with Crippen molar-refractivity contribution in [1.29, 1.82) is 0 Å². The summed E-state index contributed by atoms with van der Waals surface area (Å²) in [5.74, 6) is 0.960. The maximum absolute atomic E-state index is 3.62. The number of benzene rings is 1. The van der Waals surface area contributed by atoms with Crippen LogP contribution in [0.15, 0.2) is 30.3 Å². The second-order valence-electron chi connectivity index (χ2n) is 6.21. The molecule has 0 spiro atoms. The van der Waals surface area contributed by atoms with Crippen LogP contribution >= 0.6 is 15.9 Å². The van der Waals surface area contributed by atoms with E-state index in [4.69, 9.17) is 0 Å². The lowest BCUT2D eigenvalue weighted by atomic mass is 9.77.